The van der Waals surface area contributed by atoms with Crippen molar-refractivity contribution in [2.45, 2.75) is 122 Å². The van der Waals surface area contributed by atoms with E-state index in [9.17, 15) is 15.0 Å². The molecule has 0 aromatic heterocycles. The van der Waals surface area contributed by atoms with E-state index in [-0.39, 0.29) is 11.3 Å². The summed E-state index contributed by atoms with van der Waals surface area (Å²) in [5.41, 5.74) is 0.0161. The van der Waals surface area contributed by atoms with Crippen LogP contribution in [-0.2, 0) is 4.74 Å². The van der Waals surface area contributed by atoms with Crippen LogP contribution in [0.15, 0.2) is 18.2 Å². The van der Waals surface area contributed by atoms with Gasteiger partial charge in [-0.25, -0.2) is 4.79 Å². The van der Waals surface area contributed by atoms with Crippen LogP contribution in [0.25, 0.3) is 0 Å². The number of aromatic hydroxyl groups is 2. The molecule has 0 heterocycles. The van der Waals surface area contributed by atoms with Gasteiger partial charge in [0, 0.05) is 0 Å². The Morgan fingerprint density at radius 2 is 1.10 bits per heavy atom. The Morgan fingerprint density at radius 3 is 1.55 bits per heavy atom. The first-order valence-corrected chi connectivity index (χ1v) is 12.8. The fourth-order valence-electron chi connectivity index (χ4n) is 3.94. The lowest BCUT2D eigenvalue weighted by Crippen LogP contribution is -2.06. The SMILES string of the molecule is CCCCCCCCCCCCCCCCCCCCOC(=O)c1cccc(O)c1O. The molecule has 0 radical (unpaired) electrons. The average molecular weight is 435 g/mol. The van der Waals surface area contributed by atoms with Crippen LogP contribution < -0.4 is 0 Å². The zero-order valence-electron chi connectivity index (χ0n) is 19.9. The van der Waals surface area contributed by atoms with Gasteiger partial charge in [-0.15, -0.1) is 0 Å². The highest BCUT2D eigenvalue weighted by Gasteiger charge is 2.14. The van der Waals surface area contributed by atoms with Crippen molar-refractivity contribution in [2.24, 2.45) is 0 Å². The second-order valence-electron chi connectivity index (χ2n) is 8.82. The predicted octanol–water partition coefficient (Wildman–Crippen LogP) is 8.30. The Balaban J connectivity index is 1.81. The highest BCUT2D eigenvalue weighted by Crippen LogP contribution is 2.28. The molecule has 4 heteroatoms. The van der Waals surface area contributed by atoms with E-state index in [1.54, 1.807) is 0 Å². The van der Waals surface area contributed by atoms with E-state index in [1.807, 2.05) is 0 Å². The first-order valence-electron chi connectivity index (χ1n) is 12.8. The molecular formula is C27H46O4. The summed E-state index contributed by atoms with van der Waals surface area (Å²) in [5, 5.41) is 19.1. The fraction of sp³-hybridized carbons (Fsp3) is 0.741. The van der Waals surface area contributed by atoms with Crippen molar-refractivity contribution in [3.63, 3.8) is 0 Å². The molecule has 1 aromatic carbocycles. The maximum Gasteiger partial charge on any atom is 0.342 e. The summed E-state index contributed by atoms with van der Waals surface area (Å²) in [7, 11) is 0. The van der Waals surface area contributed by atoms with Gasteiger partial charge in [-0.2, -0.15) is 0 Å². The summed E-state index contributed by atoms with van der Waals surface area (Å²) in [4.78, 5) is 11.9. The van der Waals surface area contributed by atoms with Gasteiger partial charge in [-0.1, -0.05) is 122 Å². The van der Waals surface area contributed by atoms with Crippen molar-refractivity contribution in [3.8, 4) is 11.5 Å². The van der Waals surface area contributed by atoms with E-state index in [0.717, 1.165) is 12.8 Å². The summed E-state index contributed by atoms with van der Waals surface area (Å²) >= 11 is 0. The number of esters is 1. The van der Waals surface area contributed by atoms with Crippen LogP contribution in [0, 0.1) is 0 Å². The monoisotopic (exact) mass is 434 g/mol. The second kappa shape index (κ2) is 19.0. The summed E-state index contributed by atoms with van der Waals surface area (Å²) in [6.07, 6.45) is 23.8. The topological polar surface area (TPSA) is 66.8 Å². The number of carbonyl (C=O) groups is 1. The van der Waals surface area contributed by atoms with Gasteiger partial charge in [0.15, 0.2) is 11.5 Å². The molecule has 0 bridgehead atoms. The third kappa shape index (κ3) is 14.1. The Morgan fingerprint density at radius 1 is 0.677 bits per heavy atom. The third-order valence-electron chi connectivity index (χ3n) is 5.97. The molecule has 0 aliphatic rings. The highest BCUT2D eigenvalue weighted by molar-refractivity contribution is 5.93. The first-order chi connectivity index (χ1) is 15.2. The lowest BCUT2D eigenvalue weighted by molar-refractivity contribution is 0.0493. The molecule has 4 nitrogen and oxygen atoms in total. The number of unbranched alkanes of at least 4 members (excludes halogenated alkanes) is 17. The van der Waals surface area contributed by atoms with Gasteiger partial charge < -0.3 is 14.9 Å². The number of hydrogen-bond acceptors (Lipinski definition) is 4. The van der Waals surface area contributed by atoms with Crippen molar-refractivity contribution in [1.82, 2.24) is 0 Å². The number of phenolic OH excluding ortho intramolecular Hbond substituents is 2. The smallest absolute Gasteiger partial charge is 0.342 e. The summed E-state index contributed by atoms with van der Waals surface area (Å²) in [5.74, 6) is -1.30. The van der Waals surface area contributed by atoms with Gasteiger partial charge >= 0.3 is 5.97 Å². The highest BCUT2D eigenvalue weighted by atomic mass is 16.5. The van der Waals surface area contributed by atoms with Crippen LogP contribution in [0.3, 0.4) is 0 Å². The van der Waals surface area contributed by atoms with E-state index >= 15 is 0 Å². The molecule has 1 aromatic rings. The van der Waals surface area contributed by atoms with E-state index in [4.69, 9.17) is 4.74 Å². The molecule has 0 unspecified atom stereocenters. The molecule has 0 fully saturated rings. The zero-order chi connectivity index (χ0) is 22.6. The number of phenols is 2. The van der Waals surface area contributed by atoms with E-state index < -0.39 is 11.7 Å². The van der Waals surface area contributed by atoms with Crippen molar-refractivity contribution in [3.05, 3.63) is 23.8 Å². The Labute approximate surface area is 190 Å². The Kier molecular flexibility index (Phi) is 16.8. The Hall–Kier alpha value is -1.71. The lowest BCUT2D eigenvalue weighted by atomic mass is 10.0. The van der Waals surface area contributed by atoms with Crippen LogP contribution in [0.1, 0.15) is 133 Å². The number of para-hydroxylation sites is 1. The van der Waals surface area contributed by atoms with Crippen LogP contribution in [0.4, 0.5) is 0 Å². The second-order valence-corrected chi connectivity index (χ2v) is 8.82. The van der Waals surface area contributed by atoms with Gasteiger partial charge in [-0.3, -0.25) is 0 Å². The van der Waals surface area contributed by atoms with Crippen molar-refractivity contribution in [1.29, 1.82) is 0 Å². The molecule has 0 atom stereocenters. The lowest BCUT2D eigenvalue weighted by Gasteiger charge is -2.07. The van der Waals surface area contributed by atoms with Gasteiger partial charge in [0.05, 0.1) is 6.61 Å². The van der Waals surface area contributed by atoms with Crippen LogP contribution in [-0.4, -0.2) is 22.8 Å². The largest absolute Gasteiger partial charge is 0.504 e. The molecule has 1 rings (SSSR count). The zero-order valence-corrected chi connectivity index (χ0v) is 19.9. The number of ether oxygens (including phenoxy) is 1. The minimum absolute atomic E-state index is 0.0161. The normalized spacial score (nSPS) is 11.0. The van der Waals surface area contributed by atoms with E-state index in [1.165, 1.54) is 121 Å². The molecule has 0 saturated heterocycles. The van der Waals surface area contributed by atoms with Gasteiger partial charge in [0.1, 0.15) is 5.56 Å². The molecule has 0 saturated carbocycles. The standard InChI is InChI=1S/C27H46O4/c1-2-3-4-5-6-7-8-9-10-11-12-13-14-15-16-17-18-19-23-31-27(30)24-21-20-22-25(28)26(24)29/h20-22,28-29H,2-19,23H2,1H3. The number of hydrogen-bond donors (Lipinski definition) is 2. The van der Waals surface area contributed by atoms with Crippen molar-refractivity contribution < 1.29 is 19.7 Å². The van der Waals surface area contributed by atoms with Crippen molar-refractivity contribution >= 4 is 5.97 Å². The molecule has 0 aliphatic heterocycles. The quantitative estimate of drug-likeness (QED) is 0.123. The summed E-state index contributed by atoms with van der Waals surface area (Å²) in [6.45, 7) is 2.63. The third-order valence-corrected chi connectivity index (χ3v) is 5.97. The predicted molar refractivity (Wildman–Crippen MR) is 129 cm³/mol. The first kappa shape index (κ1) is 27.3. The van der Waals surface area contributed by atoms with Gasteiger partial charge in [0.2, 0.25) is 0 Å². The molecule has 0 aliphatic carbocycles. The van der Waals surface area contributed by atoms with Crippen LogP contribution >= 0.6 is 0 Å². The minimum Gasteiger partial charge on any atom is -0.504 e. The minimum atomic E-state index is -0.583. The average Bonchev–Trinajstić information content (AvgIpc) is 2.77. The number of carbonyl (C=O) groups excluding carboxylic acids is 1. The number of benzene rings is 1. The van der Waals surface area contributed by atoms with Crippen molar-refractivity contribution in [2.75, 3.05) is 6.61 Å². The summed E-state index contributed by atoms with van der Waals surface area (Å²) < 4.78 is 5.18. The van der Waals surface area contributed by atoms with Crippen LogP contribution in [0.2, 0.25) is 0 Å². The molecule has 0 spiro atoms. The molecular weight excluding hydrogens is 388 g/mol. The number of rotatable bonds is 20. The summed E-state index contributed by atoms with van der Waals surface area (Å²) in [6, 6.07) is 4.30. The molecule has 178 valence electrons. The fourth-order valence-corrected chi connectivity index (χ4v) is 3.94. The molecule has 2 N–H and O–H groups in total. The van der Waals surface area contributed by atoms with Crippen LogP contribution in [0.5, 0.6) is 11.5 Å². The maximum atomic E-state index is 11.9. The molecule has 0 amide bonds. The molecule has 31 heavy (non-hydrogen) atoms. The van der Waals surface area contributed by atoms with E-state index in [0.29, 0.717) is 6.61 Å². The van der Waals surface area contributed by atoms with Gasteiger partial charge in [0.25, 0.3) is 0 Å². The Bertz CT molecular complexity index is 570. The maximum absolute atomic E-state index is 11.9. The van der Waals surface area contributed by atoms with E-state index in [2.05, 4.69) is 6.92 Å². The van der Waals surface area contributed by atoms with Gasteiger partial charge in [-0.05, 0) is 18.6 Å².